The normalized spacial score (nSPS) is 18.5. The van der Waals surface area contributed by atoms with Gasteiger partial charge in [-0.3, -0.25) is 9.59 Å². The van der Waals surface area contributed by atoms with E-state index in [0.717, 1.165) is 50.4 Å². The number of nitrogens with one attached hydrogen (secondary N) is 2. The molecule has 10 heteroatoms. The van der Waals surface area contributed by atoms with Crippen LogP contribution in [0.5, 0.6) is 0 Å². The van der Waals surface area contributed by atoms with Crippen LogP contribution in [0.1, 0.15) is 25.7 Å². The highest BCUT2D eigenvalue weighted by Crippen LogP contribution is 2.25. The minimum Gasteiger partial charge on any atom is -0.354 e. The van der Waals surface area contributed by atoms with E-state index in [1.807, 2.05) is 6.07 Å². The standard InChI is InChI=1S/C21H23F2N5O2S/c22-14-8-15(23)10-17(9-14)24-19(29)12-31-20-6-5-18(26-27-20)28-7-1-2-13(11-28)21(30)25-16-3-4-16/h5-6,8-10,13,16H,1-4,7,11-12H2,(H,24,29)(H,25,30)/t13-/m1/s1. The van der Waals surface area contributed by atoms with Gasteiger partial charge in [0.05, 0.1) is 11.7 Å². The maximum atomic E-state index is 13.2. The van der Waals surface area contributed by atoms with Crippen molar-refractivity contribution in [3.8, 4) is 0 Å². The van der Waals surface area contributed by atoms with Crippen molar-refractivity contribution >= 4 is 35.1 Å². The van der Waals surface area contributed by atoms with Crippen LogP contribution < -0.4 is 15.5 Å². The van der Waals surface area contributed by atoms with E-state index in [-0.39, 0.29) is 23.3 Å². The van der Waals surface area contributed by atoms with Crippen LogP contribution in [0.15, 0.2) is 35.4 Å². The summed E-state index contributed by atoms with van der Waals surface area (Å²) in [7, 11) is 0. The second-order valence-electron chi connectivity index (χ2n) is 7.79. The monoisotopic (exact) mass is 447 g/mol. The topological polar surface area (TPSA) is 87.2 Å². The van der Waals surface area contributed by atoms with E-state index in [1.165, 1.54) is 11.8 Å². The number of hydrogen-bond donors (Lipinski definition) is 2. The number of anilines is 2. The molecule has 2 aromatic rings. The number of carbonyl (C=O) groups excluding carboxylic acids is 2. The number of rotatable bonds is 7. The lowest BCUT2D eigenvalue weighted by atomic mass is 9.97. The molecule has 0 unspecified atom stereocenters. The van der Waals surface area contributed by atoms with E-state index < -0.39 is 17.5 Å². The summed E-state index contributed by atoms with van der Waals surface area (Å²) in [6.45, 7) is 1.44. The first-order chi connectivity index (χ1) is 15.0. The minimum absolute atomic E-state index is 0.0271. The van der Waals surface area contributed by atoms with Gasteiger partial charge < -0.3 is 15.5 Å². The number of thioether (sulfide) groups is 1. The van der Waals surface area contributed by atoms with Crippen molar-refractivity contribution in [3.05, 3.63) is 42.0 Å². The maximum Gasteiger partial charge on any atom is 0.234 e. The Morgan fingerprint density at radius 2 is 1.87 bits per heavy atom. The van der Waals surface area contributed by atoms with Crippen LogP contribution in [0.2, 0.25) is 0 Å². The van der Waals surface area contributed by atoms with Gasteiger partial charge in [0, 0.05) is 30.9 Å². The van der Waals surface area contributed by atoms with Gasteiger partial charge in [-0.15, -0.1) is 10.2 Å². The maximum absolute atomic E-state index is 13.2. The number of hydrogen-bond acceptors (Lipinski definition) is 6. The molecule has 1 atom stereocenters. The lowest BCUT2D eigenvalue weighted by Crippen LogP contribution is -2.44. The quantitative estimate of drug-likeness (QED) is 0.635. The molecule has 1 aliphatic carbocycles. The Bertz CT molecular complexity index is 935. The Morgan fingerprint density at radius 3 is 2.55 bits per heavy atom. The van der Waals surface area contributed by atoms with Crippen LogP contribution in [0, 0.1) is 17.6 Å². The predicted octanol–water partition coefficient (Wildman–Crippen LogP) is 2.98. The highest BCUT2D eigenvalue weighted by Gasteiger charge is 2.30. The third-order valence-electron chi connectivity index (χ3n) is 5.16. The van der Waals surface area contributed by atoms with Crippen molar-refractivity contribution < 1.29 is 18.4 Å². The lowest BCUT2D eigenvalue weighted by Gasteiger charge is -2.32. The SMILES string of the molecule is O=C(CSc1ccc(N2CCC[C@@H](C(=O)NC3CC3)C2)nn1)Nc1cc(F)cc(F)c1. The molecular weight excluding hydrogens is 424 g/mol. The molecule has 1 aromatic carbocycles. The number of piperidine rings is 1. The van der Waals surface area contributed by atoms with Gasteiger partial charge in [0.15, 0.2) is 5.82 Å². The minimum atomic E-state index is -0.755. The van der Waals surface area contributed by atoms with Crippen LogP contribution in [0.3, 0.4) is 0 Å². The van der Waals surface area contributed by atoms with Crippen molar-refractivity contribution in [1.82, 2.24) is 15.5 Å². The van der Waals surface area contributed by atoms with E-state index in [4.69, 9.17) is 0 Å². The van der Waals surface area contributed by atoms with E-state index in [9.17, 15) is 18.4 Å². The highest BCUT2D eigenvalue weighted by molar-refractivity contribution is 7.99. The summed E-state index contributed by atoms with van der Waals surface area (Å²) in [5.74, 6) is -1.10. The number of halogens is 2. The zero-order valence-electron chi connectivity index (χ0n) is 16.8. The zero-order chi connectivity index (χ0) is 21.8. The fourth-order valence-corrected chi connectivity index (χ4v) is 4.08. The predicted molar refractivity (Wildman–Crippen MR) is 114 cm³/mol. The van der Waals surface area contributed by atoms with Crippen LogP contribution in [0.4, 0.5) is 20.3 Å². The summed E-state index contributed by atoms with van der Waals surface area (Å²) < 4.78 is 26.4. The summed E-state index contributed by atoms with van der Waals surface area (Å²) >= 11 is 1.17. The molecule has 2 N–H and O–H groups in total. The molecule has 1 aliphatic heterocycles. The number of nitrogens with zero attached hydrogens (tertiary/aromatic N) is 3. The Hall–Kier alpha value is -2.75. The molecule has 1 saturated carbocycles. The molecule has 2 heterocycles. The zero-order valence-corrected chi connectivity index (χ0v) is 17.6. The van der Waals surface area contributed by atoms with Gasteiger partial charge in [0.2, 0.25) is 11.8 Å². The Balaban J connectivity index is 1.27. The lowest BCUT2D eigenvalue weighted by molar-refractivity contribution is -0.125. The van der Waals surface area contributed by atoms with Gasteiger partial charge in [0.1, 0.15) is 16.7 Å². The van der Waals surface area contributed by atoms with Gasteiger partial charge in [-0.05, 0) is 49.9 Å². The fourth-order valence-electron chi connectivity index (χ4n) is 3.47. The average Bonchev–Trinajstić information content (AvgIpc) is 3.56. The molecule has 4 rings (SSSR count). The van der Waals surface area contributed by atoms with Crippen LogP contribution in [0.25, 0.3) is 0 Å². The van der Waals surface area contributed by atoms with Crippen molar-refractivity contribution in [1.29, 1.82) is 0 Å². The Labute approximate surface area is 183 Å². The van der Waals surface area contributed by atoms with E-state index in [2.05, 4.69) is 25.7 Å². The molecule has 164 valence electrons. The van der Waals surface area contributed by atoms with Crippen LogP contribution in [-0.4, -0.2) is 46.9 Å². The highest BCUT2D eigenvalue weighted by atomic mass is 32.2. The second kappa shape index (κ2) is 9.59. The summed E-state index contributed by atoms with van der Waals surface area (Å²) in [6.07, 6.45) is 3.94. The third kappa shape index (κ3) is 6.13. The van der Waals surface area contributed by atoms with Crippen molar-refractivity contribution in [3.63, 3.8) is 0 Å². The number of amides is 2. The molecule has 0 spiro atoms. The first-order valence-corrected chi connectivity index (χ1v) is 11.2. The molecule has 7 nitrogen and oxygen atoms in total. The molecule has 0 bridgehead atoms. The molecule has 2 fully saturated rings. The number of carbonyl (C=O) groups is 2. The molecule has 1 aromatic heterocycles. The Morgan fingerprint density at radius 1 is 1.10 bits per heavy atom. The van der Waals surface area contributed by atoms with Crippen LogP contribution >= 0.6 is 11.8 Å². The first-order valence-electron chi connectivity index (χ1n) is 10.2. The average molecular weight is 448 g/mol. The van der Waals surface area contributed by atoms with Crippen LogP contribution in [-0.2, 0) is 9.59 Å². The van der Waals surface area contributed by atoms with E-state index >= 15 is 0 Å². The smallest absolute Gasteiger partial charge is 0.234 e. The second-order valence-corrected chi connectivity index (χ2v) is 8.79. The Kier molecular flexibility index (Phi) is 6.64. The third-order valence-corrected chi connectivity index (χ3v) is 6.08. The van der Waals surface area contributed by atoms with Crippen molar-refractivity contribution in [2.45, 2.75) is 36.8 Å². The van der Waals surface area contributed by atoms with Gasteiger partial charge in [-0.1, -0.05) is 11.8 Å². The fraction of sp³-hybridized carbons (Fsp3) is 0.429. The number of aromatic nitrogens is 2. The number of benzene rings is 1. The van der Waals surface area contributed by atoms with Gasteiger partial charge >= 0.3 is 0 Å². The molecule has 2 aliphatic rings. The van der Waals surface area contributed by atoms with E-state index in [0.29, 0.717) is 23.4 Å². The summed E-state index contributed by atoms with van der Waals surface area (Å²) in [4.78, 5) is 26.4. The van der Waals surface area contributed by atoms with Crippen molar-refractivity contribution in [2.75, 3.05) is 29.1 Å². The van der Waals surface area contributed by atoms with E-state index in [1.54, 1.807) is 6.07 Å². The molecule has 1 saturated heterocycles. The summed E-state index contributed by atoms with van der Waals surface area (Å²) in [5.41, 5.74) is 0.0647. The molecular formula is C21H23F2N5O2S. The van der Waals surface area contributed by atoms with Crippen molar-refractivity contribution in [2.24, 2.45) is 5.92 Å². The summed E-state index contributed by atoms with van der Waals surface area (Å²) in [5, 5.41) is 14.5. The largest absolute Gasteiger partial charge is 0.354 e. The van der Waals surface area contributed by atoms with Gasteiger partial charge in [-0.25, -0.2) is 8.78 Å². The molecule has 31 heavy (non-hydrogen) atoms. The molecule has 2 amide bonds. The molecule has 0 radical (unpaired) electrons. The first kappa shape index (κ1) is 21.5. The van der Waals surface area contributed by atoms with Gasteiger partial charge in [0.25, 0.3) is 0 Å². The van der Waals surface area contributed by atoms with Gasteiger partial charge in [-0.2, -0.15) is 0 Å². The summed E-state index contributed by atoms with van der Waals surface area (Å²) in [6, 6.07) is 6.81.